The van der Waals surface area contributed by atoms with E-state index in [-0.39, 0.29) is 17.5 Å². The zero-order valence-corrected chi connectivity index (χ0v) is 16.2. The lowest BCUT2D eigenvalue weighted by atomic mass is 10.2. The van der Waals surface area contributed by atoms with Gasteiger partial charge in [0.2, 0.25) is 5.88 Å². The minimum atomic E-state index is -4.52. The van der Waals surface area contributed by atoms with Crippen molar-refractivity contribution in [2.24, 2.45) is 5.16 Å². The Balaban J connectivity index is 1.58. The molecule has 0 radical (unpaired) electrons. The lowest BCUT2D eigenvalue weighted by Crippen LogP contribution is -2.05. The van der Waals surface area contributed by atoms with Crippen LogP contribution in [0.25, 0.3) is 0 Å². The Hall–Kier alpha value is -2.77. The molecule has 0 saturated carbocycles. The summed E-state index contributed by atoms with van der Waals surface area (Å²) in [5.74, 6) is 0.234. The van der Waals surface area contributed by atoms with Crippen LogP contribution in [0.3, 0.4) is 0 Å². The summed E-state index contributed by atoms with van der Waals surface area (Å²) in [6.07, 6.45) is -2.35. The quantitative estimate of drug-likeness (QED) is 0.314. The maximum Gasteiger partial charge on any atom is 0.417 e. The number of alkyl halides is 3. The number of ether oxygens (including phenoxy) is 1. The molecule has 0 bridgehead atoms. The number of oxime groups is 1. The zero-order chi connectivity index (χ0) is 20.9. The summed E-state index contributed by atoms with van der Waals surface area (Å²) in [4.78, 5) is 8.85. The van der Waals surface area contributed by atoms with Crippen LogP contribution in [0.5, 0.6) is 11.6 Å². The Morgan fingerprint density at radius 1 is 1.00 bits per heavy atom. The standard InChI is InChI=1S/C20H13Cl2F3N2O2/c21-17-4-2-1-3-14(17)12-28-27-10-13-5-7-16(8-6-13)29-19-18(22)9-15(11-26-19)20(23,24)25/h1-11H,12H2. The molecule has 0 aliphatic rings. The topological polar surface area (TPSA) is 43.7 Å². The van der Waals surface area contributed by atoms with Gasteiger partial charge < -0.3 is 9.57 Å². The number of halogens is 5. The van der Waals surface area contributed by atoms with Crippen LogP contribution in [0.1, 0.15) is 16.7 Å². The van der Waals surface area contributed by atoms with E-state index < -0.39 is 11.7 Å². The first kappa shape index (κ1) is 21.0. The van der Waals surface area contributed by atoms with Crippen molar-refractivity contribution in [3.05, 3.63) is 87.5 Å². The summed E-state index contributed by atoms with van der Waals surface area (Å²) in [7, 11) is 0. The van der Waals surface area contributed by atoms with E-state index in [4.69, 9.17) is 32.8 Å². The second-order valence-electron chi connectivity index (χ2n) is 5.78. The highest BCUT2D eigenvalue weighted by atomic mass is 35.5. The van der Waals surface area contributed by atoms with E-state index in [0.29, 0.717) is 17.0 Å². The van der Waals surface area contributed by atoms with Gasteiger partial charge in [0.1, 0.15) is 17.4 Å². The van der Waals surface area contributed by atoms with Gasteiger partial charge in [-0.1, -0.05) is 46.6 Å². The normalized spacial score (nSPS) is 11.6. The van der Waals surface area contributed by atoms with Gasteiger partial charge in [-0.25, -0.2) is 4.98 Å². The number of rotatable bonds is 6. The average molecular weight is 441 g/mol. The first-order valence-corrected chi connectivity index (χ1v) is 8.98. The highest BCUT2D eigenvalue weighted by molar-refractivity contribution is 6.32. The van der Waals surface area contributed by atoms with Crippen LogP contribution in [-0.4, -0.2) is 11.2 Å². The van der Waals surface area contributed by atoms with E-state index >= 15 is 0 Å². The van der Waals surface area contributed by atoms with Gasteiger partial charge in [-0.2, -0.15) is 13.2 Å². The monoisotopic (exact) mass is 440 g/mol. The number of hydrogen-bond donors (Lipinski definition) is 0. The van der Waals surface area contributed by atoms with Gasteiger partial charge in [0.25, 0.3) is 0 Å². The second-order valence-corrected chi connectivity index (χ2v) is 6.59. The van der Waals surface area contributed by atoms with Crippen molar-refractivity contribution in [2.75, 3.05) is 0 Å². The molecule has 2 aromatic carbocycles. The molecule has 150 valence electrons. The fraction of sp³-hybridized carbons (Fsp3) is 0.100. The predicted molar refractivity (Wildman–Crippen MR) is 105 cm³/mol. The minimum absolute atomic E-state index is 0.121. The third kappa shape index (κ3) is 5.85. The average Bonchev–Trinajstić information content (AvgIpc) is 2.68. The van der Waals surface area contributed by atoms with Crippen LogP contribution in [0.2, 0.25) is 10.0 Å². The van der Waals surface area contributed by atoms with Gasteiger partial charge in [-0.15, -0.1) is 0 Å². The van der Waals surface area contributed by atoms with Crippen molar-refractivity contribution >= 4 is 29.4 Å². The van der Waals surface area contributed by atoms with Gasteiger partial charge in [0.15, 0.2) is 0 Å². The molecular formula is C20H13Cl2F3N2O2. The number of aromatic nitrogens is 1. The molecule has 0 unspecified atom stereocenters. The lowest BCUT2D eigenvalue weighted by Gasteiger charge is -2.10. The van der Waals surface area contributed by atoms with Crippen molar-refractivity contribution in [3.8, 4) is 11.6 Å². The fourth-order valence-corrected chi connectivity index (χ4v) is 2.60. The number of nitrogens with zero attached hydrogens (tertiary/aromatic N) is 2. The lowest BCUT2D eigenvalue weighted by molar-refractivity contribution is -0.137. The smallest absolute Gasteiger partial charge is 0.417 e. The number of pyridine rings is 1. The van der Waals surface area contributed by atoms with Gasteiger partial charge >= 0.3 is 6.18 Å². The molecule has 0 amide bonds. The first-order valence-electron chi connectivity index (χ1n) is 8.22. The molecular weight excluding hydrogens is 428 g/mol. The second kappa shape index (κ2) is 9.15. The van der Waals surface area contributed by atoms with Gasteiger partial charge in [-0.05, 0) is 42.0 Å². The van der Waals surface area contributed by atoms with Crippen molar-refractivity contribution in [2.45, 2.75) is 12.8 Å². The molecule has 0 N–H and O–H groups in total. The summed E-state index contributed by atoms with van der Waals surface area (Å²) in [5.41, 5.74) is 0.595. The molecule has 0 spiro atoms. The van der Waals surface area contributed by atoms with Crippen molar-refractivity contribution in [3.63, 3.8) is 0 Å². The Kier molecular flexibility index (Phi) is 6.61. The molecule has 0 aliphatic heterocycles. The Morgan fingerprint density at radius 2 is 1.72 bits per heavy atom. The summed E-state index contributed by atoms with van der Waals surface area (Å²) in [5, 5.41) is 4.23. The van der Waals surface area contributed by atoms with Crippen LogP contribution in [0.4, 0.5) is 13.2 Å². The van der Waals surface area contributed by atoms with Crippen molar-refractivity contribution < 1.29 is 22.7 Å². The van der Waals surface area contributed by atoms with E-state index in [0.717, 1.165) is 17.2 Å². The van der Waals surface area contributed by atoms with E-state index in [1.807, 2.05) is 18.2 Å². The molecule has 1 aromatic heterocycles. The summed E-state index contributed by atoms with van der Waals surface area (Å²) < 4.78 is 43.4. The van der Waals surface area contributed by atoms with Crippen molar-refractivity contribution in [1.82, 2.24) is 4.98 Å². The van der Waals surface area contributed by atoms with E-state index in [1.165, 1.54) is 6.21 Å². The van der Waals surface area contributed by atoms with Gasteiger partial charge in [0.05, 0.1) is 11.8 Å². The summed E-state index contributed by atoms with van der Waals surface area (Å²) in [6.45, 7) is 0.232. The predicted octanol–water partition coefficient (Wildman–Crippen LogP) is 6.75. The van der Waals surface area contributed by atoms with E-state index in [1.54, 1.807) is 30.3 Å². The Labute approximate surface area is 174 Å². The van der Waals surface area contributed by atoms with E-state index in [2.05, 4.69) is 10.1 Å². The fourth-order valence-electron chi connectivity index (χ4n) is 2.21. The third-order valence-electron chi connectivity index (χ3n) is 3.68. The first-order chi connectivity index (χ1) is 13.8. The molecule has 3 aromatic rings. The molecule has 0 fully saturated rings. The van der Waals surface area contributed by atoms with Crippen LogP contribution >= 0.6 is 23.2 Å². The van der Waals surface area contributed by atoms with Gasteiger partial charge in [0, 0.05) is 16.8 Å². The summed E-state index contributed by atoms with van der Waals surface area (Å²) in [6, 6.07) is 14.6. The molecule has 0 atom stereocenters. The number of benzene rings is 2. The van der Waals surface area contributed by atoms with Crippen LogP contribution < -0.4 is 4.74 Å². The highest BCUT2D eigenvalue weighted by Crippen LogP contribution is 2.34. The molecule has 0 aliphatic carbocycles. The number of hydrogen-bond acceptors (Lipinski definition) is 4. The Bertz CT molecular complexity index is 1010. The summed E-state index contributed by atoms with van der Waals surface area (Å²) >= 11 is 11.9. The third-order valence-corrected chi connectivity index (χ3v) is 4.32. The van der Waals surface area contributed by atoms with Crippen LogP contribution in [-0.2, 0) is 17.6 Å². The Morgan fingerprint density at radius 3 is 2.38 bits per heavy atom. The molecule has 9 heteroatoms. The molecule has 4 nitrogen and oxygen atoms in total. The highest BCUT2D eigenvalue weighted by Gasteiger charge is 2.31. The van der Waals surface area contributed by atoms with Crippen LogP contribution in [0.15, 0.2) is 65.9 Å². The van der Waals surface area contributed by atoms with Gasteiger partial charge in [-0.3, -0.25) is 0 Å². The van der Waals surface area contributed by atoms with E-state index in [9.17, 15) is 13.2 Å². The maximum absolute atomic E-state index is 12.6. The molecule has 3 rings (SSSR count). The SMILES string of the molecule is FC(F)(F)c1cnc(Oc2ccc(C=NOCc3ccccc3Cl)cc2)c(Cl)c1. The molecule has 29 heavy (non-hydrogen) atoms. The molecule has 0 saturated heterocycles. The van der Waals surface area contributed by atoms with Crippen molar-refractivity contribution in [1.29, 1.82) is 0 Å². The van der Waals surface area contributed by atoms with Crippen LogP contribution in [0, 0.1) is 0 Å². The zero-order valence-electron chi connectivity index (χ0n) is 14.7. The maximum atomic E-state index is 12.6. The molecule has 1 heterocycles. The largest absolute Gasteiger partial charge is 0.438 e. The minimum Gasteiger partial charge on any atom is -0.438 e.